The Morgan fingerprint density at radius 1 is 1.58 bits per heavy atom. The fourth-order valence-electron chi connectivity index (χ4n) is 2.86. The second-order valence-electron chi connectivity index (χ2n) is 5.22. The molecule has 4 heteroatoms. The molecule has 19 heavy (non-hydrogen) atoms. The van der Waals surface area contributed by atoms with E-state index in [9.17, 15) is 4.79 Å². The minimum atomic E-state index is -0.747. The van der Waals surface area contributed by atoms with Crippen LogP contribution in [0.15, 0.2) is 22.7 Å². The van der Waals surface area contributed by atoms with Crippen molar-refractivity contribution in [2.45, 2.75) is 45.2 Å². The standard InChI is InChI=1S/C15H20BrNO2/c1-3-10(2)17(9-15(18)19)14-7-5-11-4-6-12(16)8-13(11)14/h4,6,8,10,14H,3,5,7,9H2,1-2H3,(H,18,19). The molecular formula is C15H20BrNO2. The highest BCUT2D eigenvalue weighted by atomic mass is 79.9. The molecule has 0 radical (unpaired) electrons. The Labute approximate surface area is 122 Å². The maximum atomic E-state index is 11.1. The van der Waals surface area contributed by atoms with Gasteiger partial charge in [0, 0.05) is 16.6 Å². The van der Waals surface area contributed by atoms with Gasteiger partial charge in [-0.25, -0.2) is 0 Å². The summed E-state index contributed by atoms with van der Waals surface area (Å²) in [5.41, 5.74) is 2.64. The van der Waals surface area contributed by atoms with Gasteiger partial charge in [0.25, 0.3) is 0 Å². The van der Waals surface area contributed by atoms with Gasteiger partial charge in [-0.2, -0.15) is 0 Å². The fraction of sp³-hybridized carbons (Fsp3) is 0.533. The molecule has 1 N–H and O–H groups in total. The topological polar surface area (TPSA) is 40.5 Å². The second-order valence-corrected chi connectivity index (χ2v) is 6.14. The number of fused-ring (bicyclic) bond motifs is 1. The highest BCUT2D eigenvalue weighted by molar-refractivity contribution is 9.10. The summed E-state index contributed by atoms with van der Waals surface area (Å²) in [6, 6.07) is 6.87. The predicted octanol–water partition coefficient (Wildman–Crippen LogP) is 3.62. The van der Waals surface area contributed by atoms with E-state index in [4.69, 9.17) is 5.11 Å². The van der Waals surface area contributed by atoms with Crippen molar-refractivity contribution < 1.29 is 9.90 Å². The Bertz CT molecular complexity index is 475. The van der Waals surface area contributed by atoms with Crippen molar-refractivity contribution in [2.75, 3.05) is 6.54 Å². The molecule has 0 heterocycles. The molecule has 0 saturated heterocycles. The zero-order valence-electron chi connectivity index (χ0n) is 11.4. The molecule has 3 nitrogen and oxygen atoms in total. The summed E-state index contributed by atoms with van der Waals surface area (Å²) in [6.45, 7) is 4.33. The number of carbonyl (C=O) groups is 1. The third-order valence-corrected chi connectivity index (χ3v) is 4.52. The first kappa shape index (κ1) is 14.5. The first-order chi connectivity index (χ1) is 9.02. The molecule has 0 amide bonds. The lowest BCUT2D eigenvalue weighted by Gasteiger charge is -2.33. The van der Waals surface area contributed by atoms with E-state index in [1.54, 1.807) is 0 Å². The van der Waals surface area contributed by atoms with E-state index in [0.717, 1.165) is 23.7 Å². The number of rotatable bonds is 5. The SMILES string of the molecule is CCC(C)N(CC(=O)O)C1CCc2ccc(Br)cc21. The molecule has 1 aliphatic rings. The van der Waals surface area contributed by atoms with Crippen molar-refractivity contribution >= 4 is 21.9 Å². The summed E-state index contributed by atoms with van der Waals surface area (Å²) in [5, 5.41) is 9.14. The van der Waals surface area contributed by atoms with Crippen LogP contribution >= 0.6 is 15.9 Å². The molecule has 1 aromatic rings. The number of aliphatic carboxylic acids is 1. The minimum absolute atomic E-state index is 0.117. The van der Waals surface area contributed by atoms with Crippen LogP contribution in [0.1, 0.15) is 43.9 Å². The summed E-state index contributed by atoms with van der Waals surface area (Å²) >= 11 is 3.51. The molecule has 104 valence electrons. The average Bonchev–Trinajstić information content (AvgIpc) is 2.77. The molecule has 0 fully saturated rings. The van der Waals surface area contributed by atoms with E-state index in [0.29, 0.717) is 0 Å². The maximum absolute atomic E-state index is 11.1. The van der Waals surface area contributed by atoms with Gasteiger partial charge in [0.2, 0.25) is 0 Å². The van der Waals surface area contributed by atoms with Gasteiger partial charge in [-0.15, -0.1) is 0 Å². The molecule has 2 rings (SSSR count). The predicted molar refractivity (Wildman–Crippen MR) is 79.3 cm³/mol. The van der Waals surface area contributed by atoms with E-state index < -0.39 is 5.97 Å². The van der Waals surface area contributed by atoms with E-state index in [1.165, 1.54) is 11.1 Å². The number of carboxylic acid groups (broad SMARTS) is 1. The van der Waals surface area contributed by atoms with Gasteiger partial charge in [-0.3, -0.25) is 9.69 Å². The molecule has 2 unspecified atom stereocenters. The summed E-state index contributed by atoms with van der Waals surface area (Å²) in [6.07, 6.45) is 3.02. The number of aryl methyl sites for hydroxylation is 1. The van der Waals surface area contributed by atoms with Crippen LogP contribution in [0.2, 0.25) is 0 Å². The van der Waals surface area contributed by atoms with Gasteiger partial charge < -0.3 is 5.11 Å². The smallest absolute Gasteiger partial charge is 0.317 e. The van der Waals surface area contributed by atoms with E-state index in [1.807, 2.05) is 0 Å². The van der Waals surface area contributed by atoms with Gasteiger partial charge >= 0.3 is 5.97 Å². The minimum Gasteiger partial charge on any atom is -0.480 e. The number of benzene rings is 1. The molecular weight excluding hydrogens is 306 g/mol. The Hall–Kier alpha value is -0.870. The van der Waals surface area contributed by atoms with E-state index in [2.05, 4.69) is 52.9 Å². The number of hydrogen-bond donors (Lipinski definition) is 1. The van der Waals surface area contributed by atoms with Gasteiger partial charge in [0.15, 0.2) is 0 Å². The van der Waals surface area contributed by atoms with Crippen molar-refractivity contribution in [3.05, 3.63) is 33.8 Å². The monoisotopic (exact) mass is 325 g/mol. The molecule has 0 saturated carbocycles. The highest BCUT2D eigenvalue weighted by Crippen LogP contribution is 2.38. The largest absolute Gasteiger partial charge is 0.480 e. The summed E-state index contributed by atoms with van der Waals surface area (Å²) in [7, 11) is 0. The third-order valence-electron chi connectivity index (χ3n) is 4.03. The zero-order valence-corrected chi connectivity index (χ0v) is 13.0. The number of hydrogen-bond acceptors (Lipinski definition) is 2. The average molecular weight is 326 g/mol. The molecule has 0 aliphatic heterocycles. The molecule has 1 aliphatic carbocycles. The lowest BCUT2D eigenvalue weighted by molar-refractivity contribution is -0.139. The van der Waals surface area contributed by atoms with Crippen LogP contribution in [-0.2, 0) is 11.2 Å². The summed E-state index contributed by atoms with van der Waals surface area (Å²) in [4.78, 5) is 13.2. The Morgan fingerprint density at radius 3 is 2.95 bits per heavy atom. The van der Waals surface area contributed by atoms with Crippen LogP contribution in [0.4, 0.5) is 0 Å². The Kier molecular flexibility index (Phi) is 4.63. The van der Waals surface area contributed by atoms with Crippen molar-refractivity contribution in [3.63, 3.8) is 0 Å². The van der Waals surface area contributed by atoms with Crippen molar-refractivity contribution in [1.29, 1.82) is 0 Å². The van der Waals surface area contributed by atoms with Crippen LogP contribution < -0.4 is 0 Å². The summed E-state index contributed by atoms with van der Waals surface area (Å²) in [5.74, 6) is -0.747. The first-order valence-electron chi connectivity index (χ1n) is 6.78. The second kappa shape index (κ2) is 6.06. The molecule has 0 aromatic heterocycles. The first-order valence-corrected chi connectivity index (χ1v) is 7.58. The van der Waals surface area contributed by atoms with Crippen molar-refractivity contribution in [2.24, 2.45) is 0 Å². The normalized spacial score (nSPS) is 19.5. The quantitative estimate of drug-likeness (QED) is 0.898. The third kappa shape index (κ3) is 3.18. The molecule has 1 aromatic carbocycles. The lowest BCUT2D eigenvalue weighted by atomic mass is 10.0. The number of nitrogens with zero attached hydrogens (tertiary/aromatic N) is 1. The Balaban J connectivity index is 2.29. The van der Waals surface area contributed by atoms with Crippen LogP contribution in [0.5, 0.6) is 0 Å². The van der Waals surface area contributed by atoms with Gasteiger partial charge in [0.05, 0.1) is 6.54 Å². The highest BCUT2D eigenvalue weighted by Gasteiger charge is 2.31. The lowest BCUT2D eigenvalue weighted by Crippen LogP contribution is -2.39. The van der Waals surface area contributed by atoms with E-state index in [-0.39, 0.29) is 18.6 Å². The number of halogens is 1. The fourth-order valence-corrected chi connectivity index (χ4v) is 3.24. The van der Waals surface area contributed by atoms with E-state index >= 15 is 0 Å². The molecule has 2 atom stereocenters. The van der Waals surface area contributed by atoms with Crippen LogP contribution in [0.3, 0.4) is 0 Å². The molecule has 0 bridgehead atoms. The molecule has 0 spiro atoms. The van der Waals surface area contributed by atoms with Crippen LogP contribution in [0.25, 0.3) is 0 Å². The van der Waals surface area contributed by atoms with Crippen molar-refractivity contribution in [3.8, 4) is 0 Å². The van der Waals surface area contributed by atoms with Crippen molar-refractivity contribution in [1.82, 2.24) is 4.90 Å². The van der Waals surface area contributed by atoms with Gasteiger partial charge in [-0.1, -0.05) is 28.9 Å². The van der Waals surface area contributed by atoms with Gasteiger partial charge in [-0.05, 0) is 49.4 Å². The number of carboxylic acids is 1. The van der Waals surface area contributed by atoms with Gasteiger partial charge in [0.1, 0.15) is 0 Å². The van der Waals surface area contributed by atoms with Crippen LogP contribution in [0, 0.1) is 0 Å². The summed E-state index contributed by atoms with van der Waals surface area (Å²) < 4.78 is 1.07. The zero-order chi connectivity index (χ0) is 14.0. The Morgan fingerprint density at radius 2 is 2.32 bits per heavy atom. The maximum Gasteiger partial charge on any atom is 0.317 e. The van der Waals surface area contributed by atoms with Crippen LogP contribution in [-0.4, -0.2) is 28.6 Å².